The summed E-state index contributed by atoms with van der Waals surface area (Å²) in [4.78, 5) is 18.1. The zero-order valence-corrected chi connectivity index (χ0v) is 11.4. The van der Waals surface area contributed by atoms with E-state index in [9.17, 15) is 4.79 Å². The number of nitrogens with zero attached hydrogens (tertiary/aromatic N) is 5. The second-order valence-corrected chi connectivity index (χ2v) is 4.67. The van der Waals surface area contributed by atoms with Gasteiger partial charge in [0.2, 0.25) is 12.1 Å². The second-order valence-electron chi connectivity index (χ2n) is 4.67. The zero-order chi connectivity index (χ0) is 14.7. The number of rotatable bonds is 3. The number of esters is 1. The Bertz CT molecular complexity index is 617. The Kier molecular flexibility index (Phi) is 3.84. The molecule has 0 saturated carbocycles. The van der Waals surface area contributed by atoms with Crippen LogP contribution in [0.3, 0.4) is 0 Å². The molecule has 1 aliphatic rings. The van der Waals surface area contributed by atoms with Gasteiger partial charge in [-0.15, -0.1) is 10.2 Å². The van der Waals surface area contributed by atoms with Crippen molar-refractivity contribution in [2.45, 2.75) is 6.29 Å². The molecule has 2 aromatic rings. The number of H-pyrrole nitrogens is 1. The van der Waals surface area contributed by atoms with Crippen molar-refractivity contribution >= 4 is 5.97 Å². The molecule has 3 rings (SSSR count). The van der Waals surface area contributed by atoms with Gasteiger partial charge in [-0.25, -0.2) is 4.79 Å². The first-order valence-corrected chi connectivity index (χ1v) is 6.42. The highest BCUT2D eigenvalue weighted by Gasteiger charge is 2.22. The smallest absolute Gasteiger partial charge is 0.342 e. The molecule has 0 radical (unpaired) electrons. The van der Waals surface area contributed by atoms with Crippen LogP contribution in [0.25, 0.3) is 11.4 Å². The predicted molar refractivity (Wildman–Crippen MR) is 70.1 cm³/mol. The number of morpholine rings is 1. The third-order valence-electron chi connectivity index (χ3n) is 3.05. The summed E-state index contributed by atoms with van der Waals surface area (Å²) in [5, 5.41) is 13.5. The van der Waals surface area contributed by atoms with Gasteiger partial charge in [-0.05, 0) is 18.3 Å². The lowest BCUT2D eigenvalue weighted by Crippen LogP contribution is -2.42. The maximum Gasteiger partial charge on any atom is 0.342 e. The van der Waals surface area contributed by atoms with Gasteiger partial charge >= 0.3 is 5.97 Å². The normalized spacial score (nSPS) is 19.4. The third kappa shape index (κ3) is 3.20. The Morgan fingerprint density at radius 3 is 3.19 bits per heavy atom. The number of nitrogens with one attached hydrogen (secondary N) is 1. The van der Waals surface area contributed by atoms with Crippen molar-refractivity contribution in [2.75, 3.05) is 26.7 Å². The van der Waals surface area contributed by atoms with Crippen molar-refractivity contribution in [2.24, 2.45) is 0 Å². The van der Waals surface area contributed by atoms with Crippen LogP contribution < -0.4 is 0 Å². The first kappa shape index (κ1) is 13.6. The molecule has 21 heavy (non-hydrogen) atoms. The molecule has 1 aliphatic heterocycles. The van der Waals surface area contributed by atoms with Gasteiger partial charge in [-0.3, -0.25) is 9.88 Å². The molecule has 9 heteroatoms. The van der Waals surface area contributed by atoms with Crippen LogP contribution in [-0.2, 0) is 9.47 Å². The number of likely N-dealkylation sites (N-methyl/N-ethyl adjacent to an activating group) is 1. The lowest BCUT2D eigenvalue weighted by atomic mass is 10.2. The highest BCUT2D eigenvalue weighted by molar-refractivity contribution is 5.90. The molecule has 3 heterocycles. The van der Waals surface area contributed by atoms with Gasteiger partial charge in [0, 0.05) is 24.5 Å². The number of carbonyl (C=O) groups is 1. The van der Waals surface area contributed by atoms with Crippen LogP contribution in [0.4, 0.5) is 0 Å². The lowest BCUT2D eigenvalue weighted by molar-refractivity contribution is -0.146. The molecule has 0 spiro atoms. The number of hydrogen-bond donors (Lipinski definition) is 1. The SMILES string of the molecule is CN1CCOC(OC(=O)c2cncc(-c3nn[nH]n3)c2)C1. The van der Waals surface area contributed by atoms with Crippen LogP contribution in [0.2, 0.25) is 0 Å². The van der Waals surface area contributed by atoms with Gasteiger partial charge < -0.3 is 9.47 Å². The van der Waals surface area contributed by atoms with Crippen LogP contribution in [0.5, 0.6) is 0 Å². The standard InChI is InChI=1S/C12H14N6O3/c1-18-2-3-20-10(7-18)21-12(19)9-4-8(5-13-6-9)11-14-16-17-15-11/h4-6,10H,2-3,7H2,1H3,(H,14,15,16,17). The summed E-state index contributed by atoms with van der Waals surface area (Å²) in [5.41, 5.74) is 0.897. The maximum absolute atomic E-state index is 12.1. The lowest BCUT2D eigenvalue weighted by Gasteiger charge is -2.29. The minimum absolute atomic E-state index is 0.314. The second kappa shape index (κ2) is 5.94. The van der Waals surface area contributed by atoms with Crippen LogP contribution in [-0.4, -0.2) is 69.5 Å². The molecule has 1 N–H and O–H groups in total. The van der Waals surface area contributed by atoms with Crippen molar-refractivity contribution in [3.8, 4) is 11.4 Å². The summed E-state index contributed by atoms with van der Waals surface area (Å²) in [6.45, 7) is 1.90. The highest BCUT2D eigenvalue weighted by Crippen LogP contribution is 2.15. The zero-order valence-electron chi connectivity index (χ0n) is 11.4. The van der Waals surface area contributed by atoms with Gasteiger partial charge in [0.1, 0.15) is 0 Å². The topological polar surface area (TPSA) is 106 Å². The van der Waals surface area contributed by atoms with Gasteiger partial charge in [0.25, 0.3) is 0 Å². The molecule has 1 unspecified atom stereocenters. The van der Waals surface area contributed by atoms with Crippen molar-refractivity contribution in [1.82, 2.24) is 30.5 Å². The molecule has 0 aliphatic carbocycles. The van der Waals surface area contributed by atoms with E-state index in [-0.39, 0.29) is 0 Å². The van der Waals surface area contributed by atoms with Crippen LogP contribution in [0, 0.1) is 0 Å². The van der Waals surface area contributed by atoms with Crippen LogP contribution >= 0.6 is 0 Å². The first-order chi connectivity index (χ1) is 10.2. The molecule has 110 valence electrons. The molecule has 0 bridgehead atoms. The van der Waals surface area contributed by atoms with E-state index in [1.807, 2.05) is 11.9 Å². The number of hydrogen-bond acceptors (Lipinski definition) is 8. The third-order valence-corrected chi connectivity index (χ3v) is 3.05. The Morgan fingerprint density at radius 2 is 2.43 bits per heavy atom. The van der Waals surface area contributed by atoms with E-state index >= 15 is 0 Å². The summed E-state index contributed by atoms with van der Waals surface area (Å²) in [6.07, 6.45) is 2.41. The quantitative estimate of drug-likeness (QED) is 0.768. The number of aromatic amines is 1. The van der Waals surface area contributed by atoms with Crippen molar-refractivity contribution in [3.05, 3.63) is 24.0 Å². The van der Waals surface area contributed by atoms with Gasteiger partial charge in [-0.2, -0.15) is 5.21 Å². The fourth-order valence-corrected chi connectivity index (χ4v) is 1.96. The monoisotopic (exact) mass is 290 g/mol. The van der Waals surface area contributed by atoms with E-state index in [0.29, 0.717) is 30.1 Å². The fraction of sp³-hybridized carbons (Fsp3) is 0.417. The summed E-state index contributed by atoms with van der Waals surface area (Å²) < 4.78 is 10.7. The Hall–Kier alpha value is -2.39. The molecule has 1 atom stereocenters. The molecule has 2 aromatic heterocycles. The van der Waals surface area contributed by atoms with Gasteiger partial charge in [-0.1, -0.05) is 0 Å². The largest absolute Gasteiger partial charge is 0.431 e. The van der Waals surface area contributed by atoms with Crippen molar-refractivity contribution in [1.29, 1.82) is 0 Å². The summed E-state index contributed by atoms with van der Waals surface area (Å²) >= 11 is 0. The molecule has 1 fully saturated rings. The Labute approximate surface area is 120 Å². The molecule has 1 saturated heterocycles. The first-order valence-electron chi connectivity index (χ1n) is 6.42. The highest BCUT2D eigenvalue weighted by atomic mass is 16.7. The minimum Gasteiger partial charge on any atom is -0.431 e. The van der Waals surface area contributed by atoms with Crippen LogP contribution in [0.1, 0.15) is 10.4 Å². The maximum atomic E-state index is 12.1. The number of tetrazole rings is 1. The molecule has 9 nitrogen and oxygen atoms in total. The van der Waals surface area contributed by atoms with Gasteiger partial charge in [0.05, 0.1) is 18.7 Å². The van der Waals surface area contributed by atoms with E-state index < -0.39 is 12.3 Å². The number of ether oxygens (including phenoxy) is 2. The van der Waals surface area contributed by atoms with E-state index in [0.717, 1.165) is 6.54 Å². The summed E-state index contributed by atoms with van der Waals surface area (Å²) in [5.74, 6) is -0.126. The molecular formula is C12H14N6O3. The minimum atomic E-state index is -0.565. The van der Waals surface area contributed by atoms with Crippen molar-refractivity contribution in [3.63, 3.8) is 0 Å². The van der Waals surface area contributed by atoms with E-state index in [4.69, 9.17) is 9.47 Å². The van der Waals surface area contributed by atoms with Crippen LogP contribution in [0.15, 0.2) is 18.5 Å². The van der Waals surface area contributed by atoms with E-state index in [2.05, 4.69) is 25.6 Å². The summed E-state index contributed by atoms with van der Waals surface area (Å²) in [6, 6.07) is 1.60. The molecule has 0 aromatic carbocycles. The summed E-state index contributed by atoms with van der Waals surface area (Å²) in [7, 11) is 1.95. The molecule has 0 amide bonds. The Morgan fingerprint density at radius 1 is 1.52 bits per heavy atom. The fourth-order valence-electron chi connectivity index (χ4n) is 1.96. The Balaban J connectivity index is 1.71. The van der Waals surface area contributed by atoms with E-state index in [1.165, 1.54) is 6.20 Å². The number of aromatic nitrogens is 5. The average Bonchev–Trinajstić information content (AvgIpc) is 3.02. The van der Waals surface area contributed by atoms with E-state index in [1.54, 1.807) is 12.3 Å². The number of carbonyl (C=O) groups excluding carboxylic acids is 1. The molecular weight excluding hydrogens is 276 g/mol. The van der Waals surface area contributed by atoms with Crippen molar-refractivity contribution < 1.29 is 14.3 Å². The number of pyridine rings is 1. The predicted octanol–water partition coefficient (Wildman–Crippen LogP) is -0.293. The average molecular weight is 290 g/mol. The van der Waals surface area contributed by atoms with Gasteiger partial charge in [0.15, 0.2) is 0 Å².